The van der Waals surface area contributed by atoms with Crippen molar-refractivity contribution in [3.8, 4) is 11.5 Å². The maximum Gasteiger partial charge on any atom is 0.265 e. The van der Waals surface area contributed by atoms with Gasteiger partial charge in [0.25, 0.3) is 5.91 Å². The first kappa shape index (κ1) is 18.3. The number of ether oxygens (including phenoxy) is 2. The molecule has 3 rings (SSSR count). The molecule has 0 aromatic heterocycles. The highest BCUT2D eigenvalue weighted by Gasteiger charge is 2.19. The van der Waals surface area contributed by atoms with Crippen molar-refractivity contribution in [2.45, 2.75) is 58.7 Å². The standard InChI is InChI=1S/C22H27NO3/c1-15(2)25-19-13-11-18(12-14-19)23-22(24)16(3)26-21-10-6-8-17-7-4-5-9-20(17)21/h6,8,10-16H,4-5,7,9H2,1-3H3,(H,23,24)/t16-/m0/s1. The van der Waals surface area contributed by atoms with Gasteiger partial charge < -0.3 is 14.8 Å². The van der Waals surface area contributed by atoms with Crippen LogP contribution in [0.25, 0.3) is 0 Å². The van der Waals surface area contributed by atoms with Crippen LogP contribution in [0.5, 0.6) is 11.5 Å². The molecule has 0 aliphatic heterocycles. The molecule has 0 saturated carbocycles. The minimum atomic E-state index is -0.560. The summed E-state index contributed by atoms with van der Waals surface area (Å²) in [6, 6.07) is 13.5. The molecule has 2 aromatic rings. The zero-order chi connectivity index (χ0) is 18.5. The lowest BCUT2D eigenvalue weighted by molar-refractivity contribution is -0.122. The first-order valence-electron chi connectivity index (χ1n) is 9.38. The summed E-state index contributed by atoms with van der Waals surface area (Å²) >= 11 is 0. The first-order chi connectivity index (χ1) is 12.5. The van der Waals surface area contributed by atoms with Crippen molar-refractivity contribution in [1.82, 2.24) is 0 Å². The Labute approximate surface area is 155 Å². The molecule has 4 heteroatoms. The van der Waals surface area contributed by atoms with E-state index in [2.05, 4.69) is 11.4 Å². The molecule has 0 bridgehead atoms. The fraction of sp³-hybridized carbons (Fsp3) is 0.409. The van der Waals surface area contributed by atoms with Crippen LogP contribution in [0, 0.1) is 0 Å². The van der Waals surface area contributed by atoms with Gasteiger partial charge in [-0.05, 0) is 87.9 Å². The molecule has 1 aliphatic carbocycles. The Balaban J connectivity index is 1.62. The van der Waals surface area contributed by atoms with Crippen LogP contribution in [-0.4, -0.2) is 18.1 Å². The maximum atomic E-state index is 12.5. The van der Waals surface area contributed by atoms with Crippen LogP contribution < -0.4 is 14.8 Å². The second kappa shape index (κ2) is 8.26. The van der Waals surface area contributed by atoms with E-state index < -0.39 is 6.10 Å². The van der Waals surface area contributed by atoms with Gasteiger partial charge in [-0.3, -0.25) is 4.79 Å². The molecule has 1 aliphatic rings. The third-order valence-electron chi connectivity index (χ3n) is 4.52. The Morgan fingerprint density at radius 2 is 1.69 bits per heavy atom. The third-order valence-corrected chi connectivity index (χ3v) is 4.52. The minimum absolute atomic E-state index is 0.126. The van der Waals surface area contributed by atoms with Crippen molar-refractivity contribution in [3.05, 3.63) is 53.6 Å². The van der Waals surface area contributed by atoms with Crippen molar-refractivity contribution < 1.29 is 14.3 Å². The first-order valence-corrected chi connectivity index (χ1v) is 9.38. The Bertz CT molecular complexity index is 752. The van der Waals surface area contributed by atoms with Crippen molar-refractivity contribution in [1.29, 1.82) is 0 Å². The van der Waals surface area contributed by atoms with Crippen LogP contribution in [-0.2, 0) is 17.6 Å². The molecular formula is C22H27NO3. The Morgan fingerprint density at radius 1 is 0.962 bits per heavy atom. The van der Waals surface area contributed by atoms with Crippen molar-refractivity contribution in [2.24, 2.45) is 0 Å². The normalized spacial score (nSPS) is 14.5. The fourth-order valence-corrected chi connectivity index (χ4v) is 3.23. The van der Waals surface area contributed by atoms with E-state index in [9.17, 15) is 4.79 Å². The summed E-state index contributed by atoms with van der Waals surface area (Å²) in [5.41, 5.74) is 3.34. The highest BCUT2D eigenvalue weighted by Crippen LogP contribution is 2.30. The zero-order valence-corrected chi connectivity index (χ0v) is 15.7. The van der Waals surface area contributed by atoms with Gasteiger partial charge in [-0.2, -0.15) is 0 Å². The van der Waals surface area contributed by atoms with Gasteiger partial charge in [0.2, 0.25) is 0 Å². The van der Waals surface area contributed by atoms with E-state index in [4.69, 9.17) is 9.47 Å². The molecule has 0 spiro atoms. The third kappa shape index (κ3) is 4.57. The predicted octanol–water partition coefficient (Wildman–Crippen LogP) is 4.76. The monoisotopic (exact) mass is 353 g/mol. The van der Waals surface area contributed by atoms with Crippen molar-refractivity contribution in [2.75, 3.05) is 5.32 Å². The fourth-order valence-electron chi connectivity index (χ4n) is 3.23. The lowest BCUT2D eigenvalue weighted by Gasteiger charge is -2.22. The maximum absolute atomic E-state index is 12.5. The summed E-state index contributed by atoms with van der Waals surface area (Å²) in [4.78, 5) is 12.5. The van der Waals surface area contributed by atoms with Gasteiger partial charge in [0.1, 0.15) is 11.5 Å². The van der Waals surface area contributed by atoms with Crippen molar-refractivity contribution in [3.63, 3.8) is 0 Å². The SMILES string of the molecule is CC(C)Oc1ccc(NC(=O)[C@H](C)Oc2cccc3c2CCCC3)cc1. The molecule has 0 saturated heterocycles. The van der Waals surface area contributed by atoms with Crippen LogP contribution in [0.3, 0.4) is 0 Å². The number of nitrogens with one attached hydrogen (secondary N) is 1. The number of hydrogen-bond donors (Lipinski definition) is 1. The van der Waals surface area contributed by atoms with E-state index in [1.54, 1.807) is 6.92 Å². The number of rotatable bonds is 6. The number of hydrogen-bond acceptors (Lipinski definition) is 3. The van der Waals surface area contributed by atoms with Crippen LogP contribution in [0.4, 0.5) is 5.69 Å². The highest BCUT2D eigenvalue weighted by atomic mass is 16.5. The van der Waals surface area contributed by atoms with E-state index >= 15 is 0 Å². The summed E-state index contributed by atoms with van der Waals surface area (Å²) < 4.78 is 11.6. The molecule has 0 radical (unpaired) electrons. The van der Waals surface area contributed by atoms with Gasteiger partial charge in [-0.1, -0.05) is 12.1 Å². The number of amides is 1. The van der Waals surface area contributed by atoms with E-state index in [-0.39, 0.29) is 12.0 Å². The molecule has 0 heterocycles. The summed E-state index contributed by atoms with van der Waals surface area (Å²) in [5.74, 6) is 1.47. The average Bonchev–Trinajstić information content (AvgIpc) is 2.63. The molecule has 4 nitrogen and oxygen atoms in total. The van der Waals surface area contributed by atoms with E-state index in [0.717, 1.165) is 30.0 Å². The van der Waals surface area contributed by atoms with Gasteiger partial charge in [0.05, 0.1) is 6.10 Å². The number of benzene rings is 2. The number of carbonyl (C=O) groups is 1. The topological polar surface area (TPSA) is 47.6 Å². The second-order valence-electron chi connectivity index (χ2n) is 7.04. The average molecular weight is 353 g/mol. The number of anilines is 1. The Kier molecular flexibility index (Phi) is 5.82. The van der Waals surface area contributed by atoms with Crippen molar-refractivity contribution >= 4 is 11.6 Å². The summed E-state index contributed by atoms with van der Waals surface area (Å²) in [6.45, 7) is 5.75. The van der Waals surface area contributed by atoms with Gasteiger partial charge in [0.15, 0.2) is 6.10 Å². The number of fused-ring (bicyclic) bond motifs is 1. The molecule has 1 N–H and O–H groups in total. The van der Waals surface area contributed by atoms with E-state index in [0.29, 0.717) is 0 Å². The highest BCUT2D eigenvalue weighted by molar-refractivity contribution is 5.94. The van der Waals surface area contributed by atoms with E-state index in [1.165, 1.54) is 24.0 Å². The molecule has 1 amide bonds. The smallest absolute Gasteiger partial charge is 0.265 e. The van der Waals surface area contributed by atoms with Crippen LogP contribution in [0.2, 0.25) is 0 Å². The predicted molar refractivity (Wildman–Crippen MR) is 104 cm³/mol. The molecule has 138 valence electrons. The molecule has 0 unspecified atom stereocenters. The molecule has 1 atom stereocenters. The van der Waals surface area contributed by atoms with Gasteiger partial charge in [-0.15, -0.1) is 0 Å². The molecule has 26 heavy (non-hydrogen) atoms. The summed E-state index contributed by atoms with van der Waals surface area (Å²) in [6.07, 6.45) is 4.09. The summed E-state index contributed by atoms with van der Waals surface area (Å²) in [7, 11) is 0. The van der Waals surface area contributed by atoms with Gasteiger partial charge in [-0.25, -0.2) is 0 Å². The van der Waals surface area contributed by atoms with Gasteiger partial charge >= 0.3 is 0 Å². The lowest BCUT2D eigenvalue weighted by Crippen LogP contribution is -2.30. The number of aryl methyl sites for hydroxylation is 1. The Hall–Kier alpha value is -2.49. The number of carbonyl (C=O) groups excluding carboxylic acids is 1. The van der Waals surface area contributed by atoms with Gasteiger partial charge in [0, 0.05) is 5.69 Å². The van der Waals surface area contributed by atoms with E-state index in [1.807, 2.05) is 50.2 Å². The largest absolute Gasteiger partial charge is 0.491 e. The van der Waals surface area contributed by atoms with Crippen LogP contribution in [0.1, 0.15) is 44.7 Å². The van der Waals surface area contributed by atoms with Crippen LogP contribution >= 0.6 is 0 Å². The molecular weight excluding hydrogens is 326 g/mol. The zero-order valence-electron chi connectivity index (χ0n) is 15.7. The molecule has 0 fully saturated rings. The second-order valence-corrected chi connectivity index (χ2v) is 7.04. The Morgan fingerprint density at radius 3 is 2.42 bits per heavy atom. The quantitative estimate of drug-likeness (QED) is 0.814. The minimum Gasteiger partial charge on any atom is -0.491 e. The lowest BCUT2D eigenvalue weighted by atomic mass is 9.91. The van der Waals surface area contributed by atoms with Crippen LogP contribution in [0.15, 0.2) is 42.5 Å². The molecule has 2 aromatic carbocycles. The summed E-state index contributed by atoms with van der Waals surface area (Å²) in [5, 5.41) is 2.90.